The zero-order chi connectivity index (χ0) is 21.9. The molecule has 2 aromatic carbocycles. The molecule has 3 rings (SSSR count). The van der Waals surface area contributed by atoms with Crippen molar-refractivity contribution in [1.82, 2.24) is 9.46 Å². The van der Waals surface area contributed by atoms with Crippen LogP contribution in [0.25, 0.3) is 11.3 Å². The predicted octanol–water partition coefficient (Wildman–Crippen LogP) is 3.38. The van der Waals surface area contributed by atoms with E-state index in [-0.39, 0.29) is 40.0 Å². The van der Waals surface area contributed by atoms with Gasteiger partial charge in [-0.05, 0) is 37.3 Å². The fourth-order valence-corrected chi connectivity index (χ4v) is 3.67. The topological polar surface area (TPSA) is 102 Å². The van der Waals surface area contributed by atoms with E-state index in [9.17, 15) is 17.6 Å². The van der Waals surface area contributed by atoms with Crippen LogP contribution in [-0.2, 0) is 10.0 Å². The Morgan fingerprint density at radius 3 is 2.60 bits per heavy atom. The van der Waals surface area contributed by atoms with Gasteiger partial charge in [0.2, 0.25) is 10.0 Å². The van der Waals surface area contributed by atoms with Crippen molar-refractivity contribution in [2.24, 2.45) is 0 Å². The summed E-state index contributed by atoms with van der Waals surface area (Å²) in [4.78, 5) is 12.4. The van der Waals surface area contributed by atoms with Crippen LogP contribution < -0.4 is 10.1 Å². The van der Waals surface area contributed by atoms with Crippen LogP contribution in [0.3, 0.4) is 0 Å². The van der Waals surface area contributed by atoms with Crippen molar-refractivity contribution in [2.45, 2.75) is 11.8 Å². The highest BCUT2D eigenvalue weighted by molar-refractivity contribution is 7.89. The smallest absolute Gasteiger partial charge is 0.277 e. The number of halogens is 1. The molecule has 158 valence electrons. The molecule has 0 unspecified atom stereocenters. The number of hydrogen-bond acceptors (Lipinski definition) is 6. The first-order valence-electron chi connectivity index (χ1n) is 8.96. The molecule has 8 nitrogen and oxygen atoms in total. The van der Waals surface area contributed by atoms with Crippen molar-refractivity contribution in [3.63, 3.8) is 0 Å². The standard InChI is InChI=1S/C20H20FN3O5S/c1-4-28-17-10-9-13(11-19(17)30(26,27)24(2)3)22-20(25)16-12-18(29-23-16)14-7-5-6-8-15(14)21/h5-12H,4H2,1-3H3,(H,22,25). The van der Waals surface area contributed by atoms with Gasteiger partial charge in [-0.1, -0.05) is 17.3 Å². The summed E-state index contributed by atoms with van der Waals surface area (Å²) >= 11 is 0. The van der Waals surface area contributed by atoms with Crippen LogP contribution in [0.1, 0.15) is 17.4 Å². The molecular weight excluding hydrogens is 413 g/mol. The van der Waals surface area contributed by atoms with E-state index in [2.05, 4.69) is 10.5 Å². The average molecular weight is 433 g/mol. The molecule has 0 aliphatic rings. The molecule has 0 saturated heterocycles. The van der Waals surface area contributed by atoms with Crippen molar-refractivity contribution in [2.75, 3.05) is 26.0 Å². The number of aromatic nitrogens is 1. The van der Waals surface area contributed by atoms with Crippen LogP contribution in [0.2, 0.25) is 0 Å². The van der Waals surface area contributed by atoms with Gasteiger partial charge in [-0.3, -0.25) is 4.79 Å². The van der Waals surface area contributed by atoms with Crippen molar-refractivity contribution < 1.29 is 26.9 Å². The van der Waals surface area contributed by atoms with Crippen molar-refractivity contribution in [1.29, 1.82) is 0 Å². The second-order valence-electron chi connectivity index (χ2n) is 6.39. The molecule has 0 aliphatic heterocycles. The Balaban J connectivity index is 1.88. The van der Waals surface area contributed by atoms with E-state index in [0.717, 1.165) is 4.31 Å². The summed E-state index contributed by atoms with van der Waals surface area (Å²) in [5, 5.41) is 6.24. The number of amides is 1. The second-order valence-corrected chi connectivity index (χ2v) is 8.51. The second kappa shape index (κ2) is 8.64. The largest absolute Gasteiger partial charge is 0.492 e. The molecule has 0 bridgehead atoms. The van der Waals surface area contributed by atoms with Crippen LogP contribution in [0.4, 0.5) is 10.1 Å². The minimum absolute atomic E-state index is 0.0839. The molecule has 10 heteroatoms. The molecule has 0 aliphatic carbocycles. The molecule has 1 amide bonds. The van der Waals surface area contributed by atoms with Crippen molar-refractivity contribution in [3.05, 3.63) is 60.0 Å². The summed E-state index contributed by atoms with van der Waals surface area (Å²) in [6, 6.07) is 11.5. The number of carbonyl (C=O) groups is 1. The molecule has 3 aromatic rings. The first-order chi connectivity index (χ1) is 14.2. The molecule has 0 fully saturated rings. The normalized spacial score (nSPS) is 11.5. The lowest BCUT2D eigenvalue weighted by atomic mass is 10.1. The number of rotatable bonds is 7. The Labute approximate surface area is 173 Å². The maximum absolute atomic E-state index is 13.9. The number of sulfonamides is 1. The van der Waals surface area contributed by atoms with Crippen LogP contribution in [-0.4, -0.2) is 44.5 Å². The maximum atomic E-state index is 13.9. The zero-order valence-electron chi connectivity index (χ0n) is 16.5. The Kier molecular flexibility index (Phi) is 6.18. The molecule has 0 atom stereocenters. The van der Waals surface area contributed by atoms with Crippen LogP contribution in [0.5, 0.6) is 5.75 Å². The Morgan fingerprint density at radius 2 is 1.93 bits per heavy atom. The van der Waals surface area contributed by atoms with E-state index in [1.54, 1.807) is 13.0 Å². The fraction of sp³-hybridized carbons (Fsp3) is 0.200. The Morgan fingerprint density at radius 1 is 1.20 bits per heavy atom. The van der Waals surface area contributed by atoms with Gasteiger partial charge in [-0.2, -0.15) is 0 Å². The van der Waals surface area contributed by atoms with Gasteiger partial charge in [0.1, 0.15) is 16.5 Å². The Bertz CT molecular complexity index is 1170. The lowest BCUT2D eigenvalue weighted by Gasteiger charge is -2.16. The van der Waals surface area contributed by atoms with E-state index >= 15 is 0 Å². The number of hydrogen-bond donors (Lipinski definition) is 1. The van der Waals surface area contributed by atoms with Gasteiger partial charge >= 0.3 is 0 Å². The zero-order valence-corrected chi connectivity index (χ0v) is 17.4. The van der Waals surface area contributed by atoms with Gasteiger partial charge in [0.05, 0.1) is 12.2 Å². The van der Waals surface area contributed by atoms with Crippen LogP contribution >= 0.6 is 0 Å². The minimum atomic E-state index is -3.81. The first kappa shape index (κ1) is 21.5. The minimum Gasteiger partial charge on any atom is -0.492 e. The Hall–Kier alpha value is -3.24. The van der Waals surface area contributed by atoms with Gasteiger partial charge in [0.25, 0.3) is 5.91 Å². The van der Waals surface area contributed by atoms with E-state index in [1.807, 2.05) is 0 Å². The monoisotopic (exact) mass is 433 g/mol. The number of nitrogens with one attached hydrogen (secondary N) is 1. The number of nitrogens with zero attached hydrogens (tertiary/aromatic N) is 2. The van der Waals surface area contributed by atoms with Crippen LogP contribution in [0, 0.1) is 5.82 Å². The molecule has 1 heterocycles. The van der Waals surface area contributed by atoms with Crippen molar-refractivity contribution in [3.8, 4) is 17.1 Å². The highest BCUT2D eigenvalue weighted by Crippen LogP contribution is 2.30. The summed E-state index contributed by atoms with van der Waals surface area (Å²) in [7, 11) is -1.01. The third-order valence-electron chi connectivity index (χ3n) is 4.14. The maximum Gasteiger partial charge on any atom is 0.277 e. The molecule has 0 saturated carbocycles. The van der Waals surface area contributed by atoms with E-state index in [1.165, 1.54) is 56.6 Å². The molecule has 1 N–H and O–H groups in total. The van der Waals surface area contributed by atoms with Gasteiger partial charge < -0.3 is 14.6 Å². The lowest BCUT2D eigenvalue weighted by Crippen LogP contribution is -2.23. The molecule has 0 spiro atoms. The highest BCUT2D eigenvalue weighted by Gasteiger charge is 2.24. The summed E-state index contributed by atoms with van der Waals surface area (Å²) in [5.74, 6) is -0.877. The summed E-state index contributed by atoms with van der Waals surface area (Å²) in [6.45, 7) is 2.01. The third kappa shape index (κ3) is 4.34. The summed E-state index contributed by atoms with van der Waals surface area (Å²) in [5.41, 5.74) is 0.308. The summed E-state index contributed by atoms with van der Waals surface area (Å²) < 4.78 is 50.6. The molecular formula is C20H20FN3O5S. The number of benzene rings is 2. The van der Waals surface area contributed by atoms with Gasteiger partial charge in [-0.15, -0.1) is 0 Å². The average Bonchev–Trinajstić information content (AvgIpc) is 3.19. The van der Waals surface area contributed by atoms with Crippen molar-refractivity contribution >= 4 is 21.6 Å². The quantitative estimate of drug-likeness (QED) is 0.613. The lowest BCUT2D eigenvalue weighted by molar-refractivity contribution is 0.101. The molecule has 30 heavy (non-hydrogen) atoms. The van der Waals surface area contributed by atoms with Crippen LogP contribution in [0.15, 0.2) is 57.9 Å². The molecule has 1 aromatic heterocycles. The third-order valence-corrected chi connectivity index (χ3v) is 5.98. The van der Waals surface area contributed by atoms with Gasteiger partial charge in [0.15, 0.2) is 11.5 Å². The van der Waals surface area contributed by atoms with Gasteiger partial charge in [-0.25, -0.2) is 17.1 Å². The van der Waals surface area contributed by atoms with E-state index in [4.69, 9.17) is 9.26 Å². The molecule has 0 radical (unpaired) electrons. The predicted molar refractivity (Wildman–Crippen MR) is 108 cm³/mol. The van der Waals surface area contributed by atoms with E-state index < -0.39 is 21.7 Å². The number of ether oxygens (including phenoxy) is 1. The summed E-state index contributed by atoms with van der Waals surface area (Å²) in [6.07, 6.45) is 0. The highest BCUT2D eigenvalue weighted by atomic mass is 32.2. The SMILES string of the molecule is CCOc1ccc(NC(=O)c2cc(-c3ccccc3F)on2)cc1S(=O)(=O)N(C)C. The van der Waals surface area contributed by atoms with E-state index in [0.29, 0.717) is 0 Å². The first-order valence-corrected chi connectivity index (χ1v) is 10.4. The number of carbonyl (C=O) groups excluding carboxylic acids is 1. The fourth-order valence-electron chi connectivity index (χ4n) is 2.62. The van der Waals surface area contributed by atoms with Gasteiger partial charge in [0, 0.05) is 25.8 Å². The number of anilines is 1.